The summed E-state index contributed by atoms with van der Waals surface area (Å²) >= 11 is 0. The van der Waals surface area contributed by atoms with Crippen molar-refractivity contribution in [2.75, 3.05) is 5.43 Å². The summed E-state index contributed by atoms with van der Waals surface area (Å²) in [5.74, 6) is 0.860. The van der Waals surface area contributed by atoms with E-state index < -0.39 is 15.1 Å². The maximum atomic E-state index is 12.9. The molecule has 3 atom stereocenters. The number of nitrogens with zero attached hydrogens (tertiary/aromatic N) is 1. The Balaban J connectivity index is 2.20. The van der Waals surface area contributed by atoms with Gasteiger partial charge in [0.15, 0.2) is 0 Å². The standard InChI is InChI=1S/C17H27N3O2S/c1-12(2)15-10-9-13(3)11-16(15)23(21,22)17(18)20-19-14-7-5-4-6-8-14/h4-8,12-13,15-16,19H,9-11H2,1-3H3,(H2,18,20)/t13-,15+,16+/m1/s1. The zero-order valence-electron chi connectivity index (χ0n) is 14.1. The lowest BCUT2D eigenvalue weighted by Gasteiger charge is -2.36. The Morgan fingerprint density at radius 3 is 2.52 bits per heavy atom. The van der Waals surface area contributed by atoms with Crippen LogP contribution in [0.15, 0.2) is 35.4 Å². The molecule has 0 unspecified atom stereocenters. The fourth-order valence-electron chi connectivity index (χ4n) is 3.32. The molecule has 0 saturated heterocycles. The van der Waals surface area contributed by atoms with Crippen LogP contribution in [0.2, 0.25) is 0 Å². The second-order valence-electron chi connectivity index (χ2n) is 6.84. The van der Waals surface area contributed by atoms with Crippen molar-refractivity contribution in [1.29, 1.82) is 0 Å². The van der Waals surface area contributed by atoms with Crippen LogP contribution in [0, 0.1) is 17.8 Å². The van der Waals surface area contributed by atoms with E-state index in [4.69, 9.17) is 5.73 Å². The van der Waals surface area contributed by atoms with Gasteiger partial charge in [-0.1, -0.05) is 45.4 Å². The number of amidine groups is 1. The predicted molar refractivity (Wildman–Crippen MR) is 95.7 cm³/mol. The number of anilines is 1. The summed E-state index contributed by atoms with van der Waals surface area (Å²) in [5, 5.41) is 3.17. The molecule has 6 heteroatoms. The smallest absolute Gasteiger partial charge is 0.237 e. The Kier molecular flexibility index (Phi) is 5.68. The third kappa shape index (κ3) is 4.25. The van der Waals surface area contributed by atoms with E-state index in [1.165, 1.54) is 0 Å². The summed E-state index contributed by atoms with van der Waals surface area (Å²) in [6.45, 7) is 6.27. The van der Waals surface area contributed by atoms with Gasteiger partial charge in [-0.3, -0.25) is 5.43 Å². The first-order valence-corrected chi connectivity index (χ1v) is 9.75. The summed E-state index contributed by atoms with van der Waals surface area (Å²) in [5.41, 5.74) is 9.28. The molecule has 0 spiro atoms. The molecule has 1 aromatic carbocycles. The van der Waals surface area contributed by atoms with Crippen LogP contribution in [0.4, 0.5) is 5.69 Å². The van der Waals surface area contributed by atoms with Crippen LogP contribution in [0.25, 0.3) is 0 Å². The Bertz CT molecular complexity index is 641. The average molecular weight is 337 g/mol. The molecular formula is C17H27N3O2S. The highest BCUT2D eigenvalue weighted by Crippen LogP contribution is 2.37. The van der Waals surface area contributed by atoms with Crippen LogP contribution in [-0.2, 0) is 9.84 Å². The van der Waals surface area contributed by atoms with Gasteiger partial charge >= 0.3 is 0 Å². The van der Waals surface area contributed by atoms with E-state index in [2.05, 4.69) is 31.3 Å². The zero-order valence-corrected chi connectivity index (χ0v) is 14.9. The van der Waals surface area contributed by atoms with Gasteiger partial charge in [0, 0.05) is 0 Å². The number of para-hydroxylation sites is 1. The first-order chi connectivity index (χ1) is 10.8. The summed E-state index contributed by atoms with van der Waals surface area (Å²) in [4.78, 5) is 0. The molecule has 0 radical (unpaired) electrons. The largest absolute Gasteiger partial charge is 0.373 e. The number of hydrazone groups is 1. The van der Waals surface area contributed by atoms with Crippen molar-refractivity contribution in [2.24, 2.45) is 28.6 Å². The molecule has 0 bridgehead atoms. The van der Waals surface area contributed by atoms with E-state index in [9.17, 15) is 8.42 Å². The van der Waals surface area contributed by atoms with Crippen LogP contribution in [0.5, 0.6) is 0 Å². The quantitative estimate of drug-likeness (QED) is 0.502. The first kappa shape index (κ1) is 17.8. The van der Waals surface area contributed by atoms with Gasteiger partial charge in [0.25, 0.3) is 0 Å². The number of nitrogens with one attached hydrogen (secondary N) is 1. The summed E-state index contributed by atoms with van der Waals surface area (Å²) in [7, 11) is -3.59. The SMILES string of the molecule is CC(C)[C@@H]1CC[C@@H](C)C[C@@H]1S(=O)(=O)/C(N)=N/Nc1ccccc1. The average Bonchev–Trinajstić information content (AvgIpc) is 2.53. The van der Waals surface area contributed by atoms with Crippen molar-refractivity contribution < 1.29 is 8.42 Å². The Morgan fingerprint density at radius 2 is 1.91 bits per heavy atom. The topological polar surface area (TPSA) is 84.5 Å². The Labute approximate surface area is 139 Å². The minimum atomic E-state index is -3.59. The summed E-state index contributed by atoms with van der Waals surface area (Å²) in [6.07, 6.45) is 2.67. The fourth-order valence-corrected chi connectivity index (χ4v) is 5.30. The third-order valence-electron chi connectivity index (χ3n) is 4.72. The van der Waals surface area contributed by atoms with Gasteiger partial charge in [0.05, 0.1) is 10.9 Å². The normalized spacial score (nSPS) is 26.3. The van der Waals surface area contributed by atoms with Crippen LogP contribution in [0.1, 0.15) is 40.0 Å². The number of benzene rings is 1. The fraction of sp³-hybridized carbons (Fsp3) is 0.588. The predicted octanol–water partition coefficient (Wildman–Crippen LogP) is 3.20. The maximum Gasteiger partial charge on any atom is 0.237 e. The molecule has 5 nitrogen and oxygen atoms in total. The number of hydrogen-bond acceptors (Lipinski definition) is 4. The molecular weight excluding hydrogens is 310 g/mol. The van der Waals surface area contributed by atoms with Gasteiger partial charge in [0.2, 0.25) is 15.0 Å². The molecule has 1 aromatic rings. The van der Waals surface area contributed by atoms with Crippen molar-refractivity contribution in [3.63, 3.8) is 0 Å². The molecule has 1 saturated carbocycles. The number of sulfone groups is 1. The molecule has 2 rings (SSSR count). The number of hydrogen-bond donors (Lipinski definition) is 2. The van der Waals surface area contributed by atoms with Crippen molar-refractivity contribution in [1.82, 2.24) is 0 Å². The molecule has 1 fully saturated rings. The summed E-state index contributed by atoms with van der Waals surface area (Å²) < 4.78 is 25.7. The second kappa shape index (κ2) is 7.34. The highest BCUT2D eigenvalue weighted by atomic mass is 32.2. The van der Waals surface area contributed by atoms with Gasteiger partial charge in [-0.2, -0.15) is 0 Å². The van der Waals surface area contributed by atoms with Gasteiger partial charge in [-0.25, -0.2) is 8.42 Å². The molecule has 3 N–H and O–H groups in total. The zero-order chi connectivity index (χ0) is 17.0. The van der Waals surface area contributed by atoms with Crippen molar-refractivity contribution >= 4 is 20.7 Å². The lowest BCUT2D eigenvalue weighted by Crippen LogP contribution is -2.43. The number of rotatable bonds is 4. The van der Waals surface area contributed by atoms with Gasteiger partial charge in [-0.05, 0) is 42.7 Å². The Hall–Kier alpha value is -1.56. The van der Waals surface area contributed by atoms with E-state index in [-0.39, 0.29) is 11.1 Å². The highest BCUT2D eigenvalue weighted by Gasteiger charge is 2.41. The molecule has 0 aliphatic heterocycles. The van der Waals surface area contributed by atoms with Gasteiger partial charge in [0.1, 0.15) is 0 Å². The molecule has 1 aliphatic carbocycles. The lowest BCUT2D eigenvalue weighted by atomic mass is 9.77. The molecule has 1 aliphatic rings. The summed E-state index contributed by atoms with van der Waals surface area (Å²) in [6, 6.07) is 9.19. The minimum absolute atomic E-state index is 0.140. The molecule has 0 heterocycles. The third-order valence-corrected chi connectivity index (χ3v) is 6.73. The van der Waals surface area contributed by atoms with E-state index in [0.29, 0.717) is 23.9 Å². The molecule has 128 valence electrons. The molecule has 23 heavy (non-hydrogen) atoms. The van der Waals surface area contributed by atoms with E-state index in [1.807, 2.05) is 30.3 Å². The van der Waals surface area contributed by atoms with E-state index >= 15 is 0 Å². The van der Waals surface area contributed by atoms with Crippen molar-refractivity contribution in [3.05, 3.63) is 30.3 Å². The minimum Gasteiger partial charge on any atom is -0.373 e. The van der Waals surface area contributed by atoms with Gasteiger partial charge < -0.3 is 5.73 Å². The van der Waals surface area contributed by atoms with Crippen molar-refractivity contribution in [2.45, 2.75) is 45.3 Å². The first-order valence-electron chi connectivity index (χ1n) is 8.20. The Morgan fingerprint density at radius 1 is 1.26 bits per heavy atom. The van der Waals surface area contributed by atoms with E-state index in [0.717, 1.165) is 12.8 Å². The molecule has 0 amide bonds. The van der Waals surface area contributed by atoms with E-state index in [1.54, 1.807) is 0 Å². The second-order valence-corrected chi connectivity index (χ2v) is 8.95. The number of nitrogens with two attached hydrogens (primary N) is 1. The lowest BCUT2D eigenvalue weighted by molar-refractivity contribution is 0.238. The van der Waals surface area contributed by atoms with Crippen molar-refractivity contribution in [3.8, 4) is 0 Å². The van der Waals surface area contributed by atoms with Crippen LogP contribution < -0.4 is 11.2 Å². The highest BCUT2D eigenvalue weighted by molar-refractivity contribution is 8.06. The molecule has 0 aromatic heterocycles. The van der Waals surface area contributed by atoms with Crippen LogP contribution in [-0.4, -0.2) is 18.8 Å². The van der Waals surface area contributed by atoms with Crippen LogP contribution >= 0.6 is 0 Å². The monoisotopic (exact) mass is 337 g/mol. The van der Waals surface area contributed by atoms with Gasteiger partial charge in [-0.15, -0.1) is 5.10 Å². The van der Waals surface area contributed by atoms with Crippen LogP contribution in [0.3, 0.4) is 0 Å². The maximum absolute atomic E-state index is 12.9.